The number of carbonyl (C=O) groups excluding carboxylic acids is 4. The number of aliphatic imine (C=N–C) groups is 1. The van der Waals surface area contributed by atoms with Gasteiger partial charge in [-0.2, -0.15) is 0 Å². The lowest BCUT2D eigenvalue weighted by atomic mass is 9.89. The summed E-state index contributed by atoms with van der Waals surface area (Å²) in [7, 11) is 0. The van der Waals surface area contributed by atoms with Gasteiger partial charge in [-0.05, 0) is 62.5 Å². The lowest BCUT2D eigenvalue weighted by Crippen LogP contribution is -2.51. The van der Waals surface area contributed by atoms with Crippen LogP contribution in [0.5, 0.6) is 0 Å². The minimum Gasteiger partial charge on any atom is -0.370 e. The Kier molecular flexibility index (Phi) is 9.85. The Labute approximate surface area is 267 Å². The largest absolute Gasteiger partial charge is 0.370 e. The number of nitrogens with zero attached hydrogens (tertiary/aromatic N) is 1. The van der Waals surface area contributed by atoms with Crippen molar-refractivity contribution >= 4 is 29.5 Å². The fourth-order valence-corrected chi connectivity index (χ4v) is 3.99. The summed E-state index contributed by atoms with van der Waals surface area (Å²) in [6.07, 6.45) is -8.43. The van der Waals surface area contributed by atoms with Gasteiger partial charge in [0.15, 0.2) is 11.7 Å². The molecule has 0 aromatic heterocycles. The van der Waals surface area contributed by atoms with Gasteiger partial charge in [0, 0.05) is 24.4 Å². The summed E-state index contributed by atoms with van der Waals surface area (Å²) in [6, 6.07) is -0.274. The molecule has 4 atom stereocenters. The van der Waals surface area contributed by atoms with Crippen molar-refractivity contribution in [2.45, 2.75) is 69.4 Å². The number of rotatable bonds is 20. The van der Waals surface area contributed by atoms with Crippen LogP contribution in [0.2, 0.25) is 0 Å². The minimum absolute atomic E-state index is 0.0443. The predicted molar refractivity (Wildman–Crippen MR) is 167 cm³/mol. The average molecular weight is 605 g/mol. The molecule has 12 N–H and O–H groups in total. The molecule has 3 amide bonds. The number of benzene rings is 2. The van der Waals surface area contributed by atoms with Crippen LogP contribution in [-0.4, -0.2) is 60.7 Å². The highest BCUT2D eigenvalue weighted by atomic mass is 16.2. The molecule has 0 saturated heterocycles. The van der Waals surface area contributed by atoms with Crippen molar-refractivity contribution < 1.29 is 32.9 Å². The van der Waals surface area contributed by atoms with E-state index in [1.54, 1.807) is 30.3 Å². The van der Waals surface area contributed by atoms with Gasteiger partial charge in [0.05, 0.1) is 20.3 Å². The zero-order valence-electron chi connectivity index (χ0n) is 33.7. The number of hydrogen-bond acceptors (Lipinski definition) is 7. The van der Waals surface area contributed by atoms with Gasteiger partial charge in [-0.1, -0.05) is 60.5 Å². The normalized spacial score (nSPS) is 18.4. The summed E-state index contributed by atoms with van der Waals surface area (Å²) >= 11 is 0. The molecule has 0 saturated carbocycles. The zero-order chi connectivity index (χ0) is 40.5. The van der Waals surface area contributed by atoms with Crippen LogP contribution >= 0.6 is 0 Å². The van der Waals surface area contributed by atoms with E-state index in [-0.39, 0.29) is 31.8 Å². The Morgan fingerprint density at radius 2 is 1.60 bits per heavy atom. The van der Waals surface area contributed by atoms with Gasteiger partial charge in [-0.3, -0.25) is 24.2 Å². The van der Waals surface area contributed by atoms with Crippen LogP contribution in [0.4, 0.5) is 0 Å². The molecule has 12 heteroatoms. The second-order valence-corrected chi connectivity index (χ2v) is 9.55. The maximum atomic E-state index is 14.0. The number of amides is 3. The van der Waals surface area contributed by atoms with E-state index in [9.17, 15) is 19.2 Å². The van der Waals surface area contributed by atoms with Crippen LogP contribution in [0.25, 0.3) is 0 Å². The number of nitrogens with one attached hydrogen (secondary N) is 2. The van der Waals surface area contributed by atoms with Crippen molar-refractivity contribution in [2.75, 3.05) is 13.1 Å². The van der Waals surface area contributed by atoms with E-state index in [1.807, 2.05) is 5.32 Å². The van der Waals surface area contributed by atoms with Gasteiger partial charge in [0.25, 0.3) is 0 Å². The zero-order valence-corrected chi connectivity index (χ0v) is 23.7. The Morgan fingerprint density at radius 3 is 2.23 bits per heavy atom. The van der Waals surface area contributed by atoms with E-state index >= 15 is 0 Å². The number of primary amides is 1. The molecule has 0 unspecified atom stereocenters. The monoisotopic (exact) mass is 604 g/mol. The quantitative estimate of drug-likeness (QED) is 0.0616. The molecule has 0 spiro atoms. The number of ketones is 1. The van der Waals surface area contributed by atoms with Crippen LogP contribution in [0.3, 0.4) is 0 Å². The molecule has 12 nitrogen and oxygen atoms in total. The third-order valence-electron chi connectivity index (χ3n) is 6.17. The Hall–Kier alpha value is -4.29. The van der Waals surface area contributed by atoms with Gasteiger partial charge in [0.2, 0.25) is 17.7 Å². The van der Waals surface area contributed by atoms with Crippen LogP contribution in [0, 0.1) is 5.92 Å². The summed E-state index contributed by atoms with van der Waals surface area (Å²) in [6.45, 7) is -0.816. The number of Topliss-reactive ketones (excluding diaryl/α,β-unsaturated/α-hetero) is 1. The number of carbonyl (C=O) groups is 4. The van der Waals surface area contributed by atoms with Gasteiger partial charge in [-0.25, -0.2) is 0 Å². The first-order chi connectivity index (χ1) is 24.5. The van der Waals surface area contributed by atoms with Crippen LogP contribution in [0.1, 0.15) is 63.3 Å². The molecule has 2 aromatic rings. The highest BCUT2D eigenvalue weighted by Crippen LogP contribution is 2.17. The topological polar surface area (TPSA) is 235 Å². The van der Waals surface area contributed by atoms with Gasteiger partial charge >= 0.3 is 0 Å². The maximum Gasteiger partial charge on any atom is 0.239 e. The van der Waals surface area contributed by atoms with E-state index in [0.29, 0.717) is 0 Å². The van der Waals surface area contributed by atoms with Crippen molar-refractivity contribution in [3.63, 3.8) is 0 Å². The average Bonchev–Trinajstić information content (AvgIpc) is 3.08. The van der Waals surface area contributed by atoms with Gasteiger partial charge in [0.1, 0.15) is 6.02 Å². The van der Waals surface area contributed by atoms with Gasteiger partial charge in [-0.15, -0.1) is 0 Å². The van der Waals surface area contributed by atoms with Crippen molar-refractivity contribution in [1.82, 2.24) is 10.6 Å². The van der Waals surface area contributed by atoms with Crippen LogP contribution in [0.15, 0.2) is 65.5 Å². The molecule has 0 fully saturated rings. The second kappa shape index (κ2) is 19.0. The van der Waals surface area contributed by atoms with Crippen LogP contribution in [-0.2, 0) is 32.0 Å². The molecular weight excluding hydrogens is 548 g/mol. The van der Waals surface area contributed by atoms with Crippen LogP contribution < -0.4 is 39.3 Å². The van der Waals surface area contributed by atoms with Crippen molar-refractivity contribution in [3.05, 3.63) is 71.7 Å². The molecule has 0 aliphatic heterocycles. The summed E-state index contributed by atoms with van der Waals surface area (Å²) < 4.78 is 81.5. The van der Waals surface area contributed by atoms with Crippen molar-refractivity contribution in [3.8, 4) is 0 Å². The van der Waals surface area contributed by atoms with Crippen molar-refractivity contribution in [2.24, 2.45) is 39.6 Å². The summed E-state index contributed by atoms with van der Waals surface area (Å²) in [5.41, 5.74) is 28.0. The molecule has 0 aliphatic carbocycles. The summed E-state index contributed by atoms with van der Waals surface area (Å²) in [5.74, 6) is -6.35. The number of guanidine groups is 1. The lowest BCUT2D eigenvalue weighted by molar-refractivity contribution is -0.133. The molecule has 234 valence electrons. The standard InChI is InChI=1S/C31H46N8O4/c32-16-8-7-14-26(28(34)41)39-29(42)23(18-21-10-3-1-4-11-21)20-27(40)25(15-9-17-37-31(35)36)38-30(43)24(33)19-22-12-5-2-6-13-22/h1-6,10-13,23-26H,7-9,14-20,32-33H2,(H2,34,41)(H,38,43)(H,39,42)(H4,35,36,37)/t23-,24+,25-,26+/m1/s1/i1D,3D,4D,7D2,8D2,10D,11D,26D. The van der Waals surface area contributed by atoms with Crippen molar-refractivity contribution in [1.29, 1.82) is 0 Å². The van der Waals surface area contributed by atoms with Gasteiger partial charge < -0.3 is 39.3 Å². The highest BCUT2D eigenvalue weighted by Gasteiger charge is 2.30. The Bertz CT molecular complexity index is 1650. The number of hydrogen-bond donors (Lipinski definition) is 7. The Morgan fingerprint density at radius 1 is 0.907 bits per heavy atom. The minimum atomic E-state index is -3.01. The SMILES string of the molecule is [2H]c1c([2H])c([2H])c(C[C@H](CC(=O)[C@@H](CCCN=C(N)N)NC(=O)[C@@H](N)Cc2ccccc2)C(=O)N[C@@]([2H])(CC([2H])([2H])C([2H])([2H])CN)C(N)=O)c([2H])c1[2H]. The first kappa shape index (κ1) is 22.3. The first-order valence-corrected chi connectivity index (χ1v) is 13.5. The molecule has 0 radical (unpaired) electrons. The molecule has 0 bridgehead atoms. The maximum absolute atomic E-state index is 14.0. The Balaban J connectivity index is 2.56. The second-order valence-electron chi connectivity index (χ2n) is 9.55. The number of nitrogens with two attached hydrogens (primary N) is 5. The molecule has 0 heterocycles. The third kappa shape index (κ3) is 13.5. The first-order valence-electron chi connectivity index (χ1n) is 18.5. The van der Waals surface area contributed by atoms with E-state index in [4.69, 9.17) is 42.4 Å². The summed E-state index contributed by atoms with van der Waals surface area (Å²) in [5, 5.41) is 4.56. The third-order valence-corrected chi connectivity index (χ3v) is 6.17. The van der Waals surface area contributed by atoms with E-state index in [2.05, 4.69) is 10.3 Å². The molecule has 2 aromatic carbocycles. The van der Waals surface area contributed by atoms with E-state index in [1.165, 1.54) is 0 Å². The van der Waals surface area contributed by atoms with E-state index in [0.717, 1.165) is 5.56 Å². The fraction of sp³-hybridized carbons (Fsp3) is 0.452. The predicted octanol–water partition coefficient (Wildman–Crippen LogP) is 0.0120. The molecule has 2 rings (SSSR count). The fourth-order valence-electron chi connectivity index (χ4n) is 3.99. The van der Waals surface area contributed by atoms with E-state index < -0.39 is 122 Å². The summed E-state index contributed by atoms with van der Waals surface area (Å²) in [4.78, 5) is 57.5. The molecule has 0 aliphatic rings. The smallest absolute Gasteiger partial charge is 0.239 e. The molecule has 43 heavy (non-hydrogen) atoms. The highest BCUT2D eigenvalue weighted by molar-refractivity contribution is 5.94. The molecular formula is C31H46N8O4. The lowest BCUT2D eigenvalue weighted by Gasteiger charge is -2.24.